The monoisotopic (exact) mass is 351 g/mol. The molecule has 25 heavy (non-hydrogen) atoms. The van der Waals surface area contributed by atoms with Crippen LogP contribution in [0.4, 0.5) is 4.79 Å². The van der Waals surface area contributed by atoms with Gasteiger partial charge in [-0.3, -0.25) is 4.90 Å². The first-order valence-electron chi connectivity index (χ1n) is 8.57. The molecule has 1 aromatic carbocycles. The fraction of sp³-hybridized carbons (Fsp3) is 0.632. The first-order valence-corrected chi connectivity index (χ1v) is 8.57. The van der Waals surface area contributed by atoms with Gasteiger partial charge in [0.05, 0.1) is 18.8 Å². The van der Waals surface area contributed by atoms with Crippen molar-refractivity contribution in [2.45, 2.75) is 70.6 Å². The fourth-order valence-electron chi connectivity index (χ4n) is 2.98. The highest BCUT2D eigenvalue weighted by molar-refractivity contribution is 5.70. The lowest BCUT2D eigenvalue weighted by Crippen LogP contribution is -2.55. The van der Waals surface area contributed by atoms with Crippen LogP contribution in [-0.2, 0) is 15.9 Å². The van der Waals surface area contributed by atoms with E-state index in [0.717, 1.165) is 5.56 Å². The molecular formula is C19H29NO5. The van der Waals surface area contributed by atoms with Crippen LogP contribution < -0.4 is 0 Å². The number of hydrogen-bond donors (Lipinski definition) is 2. The number of benzene rings is 1. The van der Waals surface area contributed by atoms with Crippen molar-refractivity contribution in [3.8, 4) is 0 Å². The standard InChI is InChI=1S/C19H29NO5/c1-18(2,3)25-17(23)20-14(12-24-19(20,4)5)16(22)15(21)11-13-9-7-6-8-10-13/h6-10,14-16,21-22H,11-12H2,1-5H3/t14-,15+,16-/m0/s1. The van der Waals surface area contributed by atoms with E-state index in [0.29, 0.717) is 6.42 Å². The van der Waals surface area contributed by atoms with Gasteiger partial charge in [0, 0.05) is 6.42 Å². The van der Waals surface area contributed by atoms with E-state index < -0.39 is 35.7 Å². The molecule has 1 amide bonds. The second kappa shape index (κ2) is 7.32. The lowest BCUT2D eigenvalue weighted by atomic mass is 9.98. The molecule has 0 saturated carbocycles. The van der Waals surface area contributed by atoms with Crippen molar-refractivity contribution in [2.24, 2.45) is 0 Å². The summed E-state index contributed by atoms with van der Waals surface area (Å²) in [5.74, 6) is 0. The summed E-state index contributed by atoms with van der Waals surface area (Å²) in [6.07, 6.45) is -2.43. The van der Waals surface area contributed by atoms with Gasteiger partial charge in [-0.25, -0.2) is 4.79 Å². The smallest absolute Gasteiger partial charge is 0.412 e. The molecule has 0 unspecified atom stereocenters. The lowest BCUT2D eigenvalue weighted by molar-refractivity contribution is -0.0763. The third-order valence-electron chi connectivity index (χ3n) is 4.19. The summed E-state index contributed by atoms with van der Waals surface area (Å²) in [5, 5.41) is 21.1. The van der Waals surface area contributed by atoms with Crippen LogP contribution >= 0.6 is 0 Å². The molecule has 2 N–H and O–H groups in total. The Morgan fingerprint density at radius 3 is 2.48 bits per heavy atom. The number of aliphatic hydroxyl groups is 2. The number of hydrogen-bond acceptors (Lipinski definition) is 5. The second-order valence-electron chi connectivity index (χ2n) is 7.92. The highest BCUT2D eigenvalue weighted by Crippen LogP contribution is 2.32. The van der Waals surface area contributed by atoms with Gasteiger partial charge in [0.2, 0.25) is 0 Å². The maximum Gasteiger partial charge on any atom is 0.412 e. The average molecular weight is 351 g/mol. The number of aliphatic hydroxyl groups excluding tert-OH is 2. The molecule has 3 atom stereocenters. The zero-order valence-corrected chi connectivity index (χ0v) is 15.6. The number of nitrogens with zero attached hydrogens (tertiary/aromatic N) is 1. The van der Waals surface area contributed by atoms with Gasteiger partial charge in [0.15, 0.2) is 0 Å². The van der Waals surface area contributed by atoms with Crippen molar-refractivity contribution in [3.05, 3.63) is 35.9 Å². The Labute approximate surface area is 149 Å². The zero-order chi connectivity index (χ0) is 18.8. The summed E-state index contributed by atoms with van der Waals surface area (Å²) < 4.78 is 11.1. The molecule has 0 radical (unpaired) electrons. The topological polar surface area (TPSA) is 79.2 Å². The van der Waals surface area contributed by atoms with Gasteiger partial charge in [-0.05, 0) is 40.2 Å². The van der Waals surface area contributed by atoms with E-state index in [2.05, 4.69) is 0 Å². The predicted octanol–water partition coefficient (Wildman–Crippen LogP) is 2.32. The molecule has 1 aliphatic rings. The van der Waals surface area contributed by atoms with E-state index in [-0.39, 0.29) is 6.61 Å². The van der Waals surface area contributed by atoms with Crippen LogP contribution in [0.1, 0.15) is 40.2 Å². The van der Waals surface area contributed by atoms with Crippen molar-refractivity contribution in [1.29, 1.82) is 0 Å². The van der Waals surface area contributed by atoms with Crippen LogP contribution in [0, 0.1) is 0 Å². The predicted molar refractivity (Wildman–Crippen MR) is 94.1 cm³/mol. The van der Waals surface area contributed by atoms with Gasteiger partial charge in [-0.15, -0.1) is 0 Å². The SMILES string of the molecule is CC(C)(C)OC(=O)N1[C@H]([C@H](O)[C@H](O)Cc2ccccc2)COC1(C)C. The van der Waals surface area contributed by atoms with Crippen molar-refractivity contribution in [3.63, 3.8) is 0 Å². The number of amides is 1. The molecule has 1 aliphatic heterocycles. The average Bonchev–Trinajstić information content (AvgIpc) is 2.81. The first kappa shape index (κ1) is 19.7. The maximum atomic E-state index is 12.6. The minimum absolute atomic E-state index is 0.138. The summed E-state index contributed by atoms with van der Waals surface area (Å²) in [7, 11) is 0. The maximum absolute atomic E-state index is 12.6. The largest absolute Gasteiger partial charge is 0.444 e. The normalized spacial score (nSPS) is 22.5. The van der Waals surface area contributed by atoms with Gasteiger partial charge in [-0.2, -0.15) is 0 Å². The van der Waals surface area contributed by atoms with Crippen LogP contribution in [0.3, 0.4) is 0 Å². The molecule has 0 spiro atoms. The molecular weight excluding hydrogens is 322 g/mol. The van der Waals surface area contributed by atoms with Crippen molar-refractivity contribution < 1.29 is 24.5 Å². The highest BCUT2D eigenvalue weighted by atomic mass is 16.6. The number of ether oxygens (including phenoxy) is 2. The van der Waals surface area contributed by atoms with Gasteiger partial charge in [0.1, 0.15) is 17.4 Å². The van der Waals surface area contributed by atoms with E-state index in [1.54, 1.807) is 34.6 Å². The fourth-order valence-corrected chi connectivity index (χ4v) is 2.98. The van der Waals surface area contributed by atoms with Crippen LogP contribution in [0.5, 0.6) is 0 Å². The second-order valence-corrected chi connectivity index (χ2v) is 7.92. The molecule has 6 heteroatoms. The minimum Gasteiger partial charge on any atom is -0.444 e. The minimum atomic E-state index is -1.14. The van der Waals surface area contributed by atoms with E-state index >= 15 is 0 Å². The van der Waals surface area contributed by atoms with Crippen LogP contribution in [0.15, 0.2) is 30.3 Å². The number of rotatable bonds is 4. The molecule has 6 nitrogen and oxygen atoms in total. The van der Waals surface area contributed by atoms with Gasteiger partial charge in [0.25, 0.3) is 0 Å². The van der Waals surface area contributed by atoms with Crippen molar-refractivity contribution in [1.82, 2.24) is 4.90 Å². The molecule has 0 bridgehead atoms. The van der Waals surface area contributed by atoms with Crippen molar-refractivity contribution in [2.75, 3.05) is 6.61 Å². The molecule has 0 aromatic heterocycles. The van der Waals surface area contributed by atoms with Gasteiger partial charge < -0.3 is 19.7 Å². The molecule has 0 aliphatic carbocycles. The van der Waals surface area contributed by atoms with Crippen molar-refractivity contribution >= 4 is 6.09 Å². The van der Waals surface area contributed by atoms with E-state index in [1.165, 1.54) is 4.90 Å². The molecule has 2 rings (SSSR count). The molecule has 140 valence electrons. The Morgan fingerprint density at radius 1 is 1.32 bits per heavy atom. The number of carbonyl (C=O) groups excluding carboxylic acids is 1. The zero-order valence-electron chi connectivity index (χ0n) is 15.6. The van der Waals surface area contributed by atoms with E-state index in [4.69, 9.17) is 9.47 Å². The summed E-state index contributed by atoms with van der Waals surface area (Å²) in [4.78, 5) is 14.0. The van der Waals surface area contributed by atoms with Gasteiger partial charge >= 0.3 is 6.09 Å². The summed E-state index contributed by atoms with van der Waals surface area (Å²) in [6.45, 7) is 8.97. The quantitative estimate of drug-likeness (QED) is 0.870. The van der Waals surface area contributed by atoms with E-state index in [1.807, 2.05) is 30.3 Å². The Morgan fingerprint density at radius 2 is 1.92 bits per heavy atom. The molecule has 1 heterocycles. The Hall–Kier alpha value is -1.63. The van der Waals surface area contributed by atoms with E-state index in [9.17, 15) is 15.0 Å². The number of carbonyl (C=O) groups is 1. The molecule has 1 aromatic rings. The first-order chi connectivity index (χ1) is 11.5. The lowest BCUT2D eigenvalue weighted by Gasteiger charge is -2.37. The summed E-state index contributed by atoms with van der Waals surface area (Å²) in [5.41, 5.74) is -0.662. The van der Waals surface area contributed by atoms with Gasteiger partial charge in [-0.1, -0.05) is 30.3 Å². The van der Waals surface area contributed by atoms with Crippen LogP contribution in [0.2, 0.25) is 0 Å². The summed E-state index contributed by atoms with van der Waals surface area (Å²) in [6, 6.07) is 8.74. The molecule has 1 saturated heterocycles. The van der Waals surface area contributed by atoms with Crippen LogP contribution in [0.25, 0.3) is 0 Å². The van der Waals surface area contributed by atoms with Crippen LogP contribution in [-0.4, -0.2) is 57.4 Å². The highest BCUT2D eigenvalue weighted by Gasteiger charge is 2.49. The Bertz CT molecular complexity index is 581. The third kappa shape index (κ3) is 4.93. The Balaban J connectivity index is 2.13. The Kier molecular flexibility index (Phi) is 5.76. The summed E-state index contributed by atoms with van der Waals surface area (Å²) >= 11 is 0. The molecule has 1 fully saturated rings. The third-order valence-corrected chi connectivity index (χ3v) is 4.19.